The van der Waals surface area contributed by atoms with E-state index in [2.05, 4.69) is 15.6 Å². The smallest absolute Gasteiger partial charge is 0.234 e. The van der Waals surface area contributed by atoms with Crippen LogP contribution in [0.2, 0.25) is 0 Å². The minimum absolute atomic E-state index is 0.0519. The number of hydrogen-bond acceptors (Lipinski definition) is 4. The van der Waals surface area contributed by atoms with Gasteiger partial charge in [-0.3, -0.25) is 4.79 Å². The van der Waals surface area contributed by atoms with Crippen LogP contribution < -0.4 is 11.1 Å². The lowest BCUT2D eigenvalue weighted by Crippen LogP contribution is -2.29. The number of halogens is 1. The van der Waals surface area contributed by atoms with E-state index in [1.165, 1.54) is 12.1 Å². The number of nitrogens with two attached hydrogens (primary N) is 1. The summed E-state index contributed by atoms with van der Waals surface area (Å²) < 4.78 is 14.4. The average Bonchev–Trinajstić information content (AvgIpc) is 2.86. The third-order valence-electron chi connectivity index (χ3n) is 2.50. The van der Waals surface area contributed by atoms with Crippen LogP contribution in [-0.4, -0.2) is 27.4 Å². The van der Waals surface area contributed by atoms with Gasteiger partial charge in [-0.05, 0) is 17.7 Å². The van der Waals surface area contributed by atoms with E-state index in [0.29, 0.717) is 18.8 Å². The molecule has 1 aromatic heterocycles. The molecule has 2 aromatic rings. The van der Waals surface area contributed by atoms with E-state index in [9.17, 15) is 9.18 Å². The van der Waals surface area contributed by atoms with Gasteiger partial charge in [0.15, 0.2) is 0 Å². The zero-order valence-corrected chi connectivity index (χ0v) is 10.2. The predicted molar refractivity (Wildman–Crippen MR) is 66.4 cm³/mol. The van der Waals surface area contributed by atoms with E-state index in [1.807, 2.05) is 0 Å². The molecule has 6 nitrogen and oxygen atoms in total. The molecule has 2 rings (SSSR count). The SMILES string of the molecule is NCC(=O)NCc1cn(Cc2ccc(F)cc2)nn1. The van der Waals surface area contributed by atoms with E-state index in [-0.39, 0.29) is 18.3 Å². The maximum Gasteiger partial charge on any atom is 0.234 e. The van der Waals surface area contributed by atoms with Crippen LogP contribution in [0, 0.1) is 5.82 Å². The third-order valence-corrected chi connectivity index (χ3v) is 2.50. The van der Waals surface area contributed by atoms with Crippen LogP contribution in [0.3, 0.4) is 0 Å². The largest absolute Gasteiger partial charge is 0.349 e. The third kappa shape index (κ3) is 3.85. The number of hydrogen-bond donors (Lipinski definition) is 2. The topological polar surface area (TPSA) is 85.8 Å². The summed E-state index contributed by atoms with van der Waals surface area (Å²) in [5, 5.41) is 10.5. The van der Waals surface area contributed by atoms with Gasteiger partial charge in [0.2, 0.25) is 5.91 Å². The van der Waals surface area contributed by atoms with E-state index < -0.39 is 0 Å². The summed E-state index contributed by atoms with van der Waals surface area (Å²) >= 11 is 0. The second-order valence-corrected chi connectivity index (χ2v) is 4.01. The van der Waals surface area contributed by atoms with Gasteiger partial charge in [0, 0.05) is 0 Å². The lowest BCUT2D eigenvalue weighted by molar-refractivity contribution is -0.119. The fraction of sp³-hybridized carbons (Fsp3) is 0.250. The molecule has 0 aliphatic carbocycles. The van der Waals surface area contributed by atoms with Crippen molar-refractivity contribution < 1.29 is 9.18 Å². The van der Waals surface area contributed by atoms with Gasteiger partial charge < -0.3 is 11.1 Å². The lowest BCUT2D eigenvalue weighted by atomic mass is 10.2. The first-order chi connectivity index (χ1) is 9.17. The molecule has 0 unspecified atom stereocenters. The molecular formula is C12H14FN5O. The Morgan fingerprint density at radius 1 is 1.37 bits per heavy atom. The zero-order valence-electron chi connectivity index (χ0n) is 10.2. The molecule has 100 valence electrons. The zero-order chi connectivity index (χ0) is 13.7. The normalized spacial score (nSPS) is 10.4. The molecule has 19 heavy (non-hydrogen) atoms. The average molecular weight is 263 g/mol. The van der Waals surface area contributed by atoms with E-state index >= 15 is 0 Å². The molecule has 0 fully saturated rings. The Labute approximate surface area is 109 Å². The molecule has 0 saturated heterocycles. The van der Waals surface area contributed by atoms with Gasteiger partial charge in [0.05, 0.1) is 25.8 Å². The second-order valence-electron chi connectivity index (χ2n) is 4.01. The van der Waals surface area contributed by atoms with Crippen molar-refractivity contribution in [3.8, 4) is 0 Å². The van der Waals surface area contributed by atoms with Crippen LogP contribution in [0.4, 0.5) is 4.39 Å². The Morgan fingerprint density at radius 2 is 2.11 bits per heavy atom. The highest BCUT2D eigenvalue weighted by molar-refractivity contribution is 5.77. The highest BCUT2D eigenvalue weighted by atomic mass is 19.1. The Balaban J connectivity index is 1.93. The maximum atomic E-state index is 12.8. The molecule has 7 heteroatoms. The van der Waals surface area contributed by atoms with E-state index in [4.69, 9.17) is 5.73 Å². The molecule has 3 N–H and O–H groups in total. The second kappa shape index (κ2) is 6.05. The molecule has 0 saturated carbocycles. The standard InChI is InChI=1S/C12H14FN5O/c13-10-3-1-9(2-4-10)7-18-8-11(16-17-18)6-15-12(19)5-14/h1-4,8H,5-7,14H2,(H,15,19). The number of carbonyl (C=O) groups is 1. The van der Waals surface area contributed by atoms with Crippen LogP contribution >= 0.6 is 0 Å². The van der Waals surface area contributed by atoms with Crippen molar-refractivity contribution in [3.05, 3.63) is 47.5 Å². The Bertz CT molecular complexity index is 552. The van der Waals surface area contributed by atoms with Gasteiger partial charge in [-0.2, -0.15) is 0 Å². The highest BCUT2D eigenvalue weighted by Gasteiger charge is 2.03. The summed E-state index contributed by atoms with van der Waals surface area (Å²) in [6.07, 6.45) is 1.72. The summed E-state index contributed by atoms with van der Waals surface area (Å²) in [5.41, 5.74) is 6.73. The number of amides is 1. The summed E-state index contributed by atoms with van der Waals surface area (Å²) in [6.45, 7) is 0.737. The van der Waals surface area contributed by atoms with E-state index in [0.717, 1.165) is 5.56 Å². The Kier molecular flexibility index (Phi) is 4.19. The lowest BCUT2D eigenvalue weighted by Gasteiger charge is -2.00. The quantitative estimate of drug-likeness (QED) is 0.797. The van der Waals surface area contributed by atoms with Gasteiger partial charge in [-0.15, -0.1) is 5.10 Å². The van der Waals surface area contributed by atoms with E-state index in [1.54, 1.807) is 23.0 Å². The highest BCUT2D eigenvalue weighted by Crippen LogP contribution is 2.04. The van der Waals surface area contributed by atoms with Crippen LogP contribution in [-0.2, 0) is 17.9 Å². The predicted octanol–water partition coefficient (Wildman–Crippen LogP) is 0.0404. The molecule has 0 atom stereocenters. The molecule has 0 spiro atoms. The van der Waals surface area contributed by atoms with Crippen LogP contribution in [0.1, 0.15) is 11.3 Å². The summed E-state index contributed by atoms with van der Waals surface area (Å²) in [7, 11) is 0. The first-order valence-corrected chi connectivity index (χ1v) is 5.77. The molecule has 0 aliphatic heterocycles. The number of aromatic nitrogens is 3. The van der Waals surface area contributed by atoms with Gasteiger partial charge in [-0.1, -0.05) is 17.3 Å². The summed E-state index contributed by atoms with van der Waals surface area (Å²) in [6, 6.07) is 6.17. The van der Waals surface area contributed by atoms with Gasteiger partial charge in [0.1, 0.15) is 11.5 Å². The molecule has 1 heterocycles. The van der Waals surface area contributed by atoms with Gasteiger partial charge >= 0.3 is 0 Å². The van der Waals surface area contributed by atoms with Crippen LogP contribution in [0.5, 0.6) is 0 Å². The van der Waals surface area contributed by atoms with Crippen molar-refractivity contribution in [2.45, 2.75) is 13.1 Å². The van der Waals surface area contributed by atoms with Crippen LogP contribution in [0.15, 0.2) is 30.5 Å². The first kappa shape index (κ1) is 13.2. The molecule has 1 amide bonds. The van der Waals surface area contributed by atoms with Crippen LogP contribution in [0.25, 0.3) is 0 Å². The van der Waals surface area contributed by atoms with Crippen molar-refractivity contribution in [1.29, 1.82) is 0 Å². The number of benzene rings is 1. The number of rotatable bonds is 5. The minimum Gasteiger partial charge on any atom is -0.349 e. The number of nitrogens with zero attached hydrogens (tertiary/aromatic N) is 3. The summed E-state index contributed by atoms with van der Waals surface area (Å²) in [4.78, 5) is 11.0. The fourth-order valence-electron chi connectivity index (χ4n) is 1.53. The van der Waals surface area contributed by atoms with Crippen molar-refractivity contribution in [3.63, 3.8) is 0 Å². The Morgan fingerprint density at radius 3 is 2.79 bits per heavy atom. The molecule has 0 aliphatic rings. The van der Waals surface area contributed by atoms with Crippen molar-refractivity contribution in [1.82, 2.24) is 20.3 Å². The molecule has 0 radical (unpaired) electrons. The number of nitrogens with one attached hydrogen (secondary N) is 1. The van der Waals surface area contributed by atoms with Crippen molar-refractivity contribution in [2.24, 2.45) is 5.73 Å². The van der Waals surface area contributed by atoms with Crippen molar-refractivity contribution in [2.75, 3.05) is 6.54 Å². The minimum atomic E-state index is -0.271. The monoisotopic (exact) mass is 263 g/mol. The summed E-state index contributed by atoms with van der Waals surface area (Å²) in [5.74, 6) is -0.513. The van der Waals surface area contributed by atoms with Crippen molar-refractivity contribution >= 4 is 5.91 Å². The molecule has 1 aromatic carbocycles. The van der Waals surface area contributed by atoms with Gasteiger partial charge in [-0.25, -0.2) is 9.07 Å². The first-order valence-electron chi connectivity index (χ1n) is 5.77. The molecule has 0 bridgehead atoms. The Hall–Kier alpha value is -2.28. The molecular weight excluding hydrogens is 249 g/mol. The number of carbonyl (C=O) groups excluding carboxylic acids is 1. The fourth-order valence-corrected chi connectivity index (χ4v) is 1.53. The maximum absolute atomic E-state index is 12.8. The van der Waals surface area contributed by atoms with Gasteiger partial charge in [0.25, 0.3) is 0 Å².